The van der Waals surface area contributed by atoms with Gasteiger partial charge in [-0.1, -0.05) is 12.1 Å². The number of amides is 2. The largest absolute Gasteiger partial charge is 0.416 e. The number of alkyl halides is 3. The van der Waals surface area contributed by atoms with Gasteiger partial charge in [0, 0.05) is 17.6 Å². The van der Waals surface area contributed by atoms with Crippen LogP contribution < -0.4 is 10.6 Å². The van der Waals surface area contributed by atoms with E-state index in [9.17, 15) is 18.0 Å². The zero-order valence-electron chi connectivity index (χ0n) is 12.3. The van der Waals surface area contributed by atoms with Gasteiger partial charge in [-0.2, -0.15) is 18.3 Å². The molecule has 0 radical (unpaired) electrons. The van der Waals surface area contributed by atoms with Crippen LogP contribution in [0.3, 0.4) is 0 Å². The van der Waals surface area contributed by atoms with Gasteiger partial charge < -0.3 is 10.6 Å². The molecule has 8 heteroatoms. The first kappa shape index (κ1) is 15.9. The van der Waals surface area contributed by atoms with E-state index in [4.69, 9.17) is 0 Å². The highest BCUT2D eigenvalue weighted by Crippen LogP contribution is 2.29. The van der Waals surface area contributed by atoms with Gasteiger partial charge in [0.1, 0.15) is 0 Å². The van der Waals surface area contributed by atoms with E-state index < -0.39 is 17.8 Å². The molecule has 0 fully saturated rings. The summed E-state index contributed by atoms with van der Waals surface area (Å²) in [6.45, 7) is 0.123. The van der Waals surface area contributed by atoms with E-state index in [-0.39, 0.29) is 6.54 Å². The van der Waals surface area contributed by atoms with E-state index in [1.165, 1.54) is 12.1 Å². The van der Waals surface area contributed by atoms with Crippen LogP contribution in [0.2, 0.25) is 0 Å². The van der Waals surface area contributed by atoms with Crippen LogP contribution in [-0.2, 0) is 12.7 Å². The summed E-state index contributed by atoms with van der Waals surface area (Å²) < 4.78 is 37.4. The van der Waals surface area contributed by atoms with Gasteiger partial charge >= 0.3 is 12.2 Å². The van der Waals surface area contributed by atoms with E-state index >= 15 is 0 Å². The Morgan fingerprint density at radius 2 is 1.88 bits per heavy atom. The number of nitrogens with zero attached hydrogens (tertiary/aromatic N) is 1. The van der Waals surface area contributed by atoms with E-state index in [1.807, 2.05) is 0 Å². The molecule has 3 aromatic rings. The van der Waals surface area contributed by atoms with Crippen molar-refractivity contribution < 1.29 is 18.0 Å². The summed E-state index contributed by atoms with van der Waals surface area (Å²) >= 11 is 0. The number of H-pyrrole nitrogens is 1. The number of rotatable bonds is 3. The molecule has 1 aromatic heterocycles. The number of halogens is 3. The SMILES string of the molecule is O=C(NCc1ccc(C(F)(F)F)cc1)Nc1ccc2[nH]ncc2c1. The Morgan fingerprint density at radius 3 is 2.58 bits per heavy atom. The molecule has 0 saturated carbocycles. The normalized spacial score (nSPS) is 11.5. The van der Waals surface area contributed by atoms with Crippen LogP contribution in [0.15, 0.2) is 48.7 Å². The maximum absolute atomic E-state index is 12.5. The molecule has 0 aliphatic rings. The number of aromatic nitrogens is 2. The maximum Gasteiger partial charge on any atom is 0.416 e. The summed E-state index contributed by atoms with van der Waals surface area (Å²) in [6.07, 6.45) is -2.73. The lowest BCUT2D eigenvalue weighted by Crippen LogP contribution is -2.28. The Morgan fingerprint density at radius 1 is 1.12 bits per heavy atom. The van der Waals surface area contributed by atoms with Crippen molar-refractivity contribution in [3.05, 3.63) is 59.8 Å². The number of benzene rings is 2. The van der Waals surface area contributed by atoms with Crippen LogP contribution in [0.4, 0.5) is 23.7 Å². The molecular weight excluding hydrogens is 321 g/mol. The Hall–Kier alpha value is -3.03. The fourth-order valence-electron chi connectivity index (χ4n) is 2.19. The number of fused-ring (bicyclic) bond motifs is 1. The van der Waals surface area contributed by atoms with Crippen molar-refractivity contribution in [1.82, 2.24) is 15.5 Å². The summed E-state index contributed by atoms with van der Waals surface area (Å²) in [5.41, 5.74) is 1.30. The van der Waals surface area contributed by atoms with E-state index in [0.29, 0.717) is 11.3 Å². The molecule has 1 heterocycles. The second-order valence-corrected chi connectivity index (χ2v) is 5.17. The smallest absolute Gasteiger partial charge is 0.334 e. The lowest BCUT2D eigenvalue weighted by molar-refractivity contribution is -0.137. The molecule has 0 aliphatic heterocycles. The van der Waals surface area contributed by atoms with E-state index in [2.05, 4.69) is 20.8 Å². The summed E-state index contributed by atoms with van der Waals surface area (Å²) in [4.78, 5) is 11.9. The quantitative estimate of drug-likeness (QED) is 0.680. The van der Waals surface area contributed by atoms with Gasteiger partial charge in [0.25, 0.3) is 0 Å². The first-order valence-electron chi connectivity index (χ1n) is 7.06. The molecule has 3 rings (SSSR count). The molecule has 5 nitrogen and oxygen atoms in total. The minimum atomic E-state index is -4.37. The molecular formula is C16H13F3N4O. The zero-order valence-corrected chi connectivity index (χ0v) is 12.3. The molecule has 2 aromatic carbocycles. The highest BCUT2D eigenvalue weighted by molar-refractivity contribution is 5.92. The molecule has 0 spiro atoms. The average Bonchev–Trinajstić information content (AvgIpc) is 3.00. The average molecular weight is 334 g/mol. The standard InChI is InChI=1S/C16H13F3N4O/c17-16(18,19)12-3-1-10(2-4-12)8-20-15(24)22-13-5-6-14-11(7-13)9-21-23-14/h1-7,9H,8H2,(H,21,23)(H2,20,22,24). The van der Waals surface area contributed by atoms with Crippen LogP contribution in [0.1, 0.15) is 11.1 Å². The van der Waals surface area contributed by atoms with Gasteiger partial charge in [-0.3, -0.25) is 5.10 Å². The van der Waals surface area contributed by atoms with Crippen molar-refractivity contribution in [2.45, 2.75) is 12.7 Å². The third-order valence-corrected chi connectivity index (χ3v) is 3.43. The second kappa shape index (κ2) is 6.23. The fraction of sp³-hybridized carbons (Fsp3) is 0.125. The molecule has 2 amide bonds. The third kappa shape index (κ3) is 3.65. The Bertz CT molecular complexity index is 856. The highest BCUT2D eigenvalue weighted by atomic mass is 19.4. The number of urea groups is 1. The first-order chi connectivity index (χ1) is 11.4. The van der Waals surface area contributed by atoms with Crippen LogP contribution in [0.5, 0.6) is 0 Å². The molecule has 124 valence electrons. The molecule has 0 aliphatic carbocycles. The number of hydrogen-bond acceptors (Lipinski definition) is 2. The predicted molar refractivity (Wildman–Crippen MR) is 83.4 cm³/mol. The Balaban J connectivity index is 1.57. The van der Waals surface area contributed by atoms with Gasteiger partial charge in [-0.05, 0) is 35.9 Å². The maximum atomic E-state index is 12.5. The minimum Gasteiger partial charge on any atom is -0.334 e. The lowest BCUT2D eigenvalue weighted by atomic mass is 10.1. The highest BCUT2D eigenvalue weighted by Gasteiger charge is 2.29. The van der Waals surface area contributed by atoms with Crippen molar-refractivity contribution in [3.63, 3.8) is 0 Å². The molecule has 0 unspecified atom stereocenters. The van der Waals surface area contributed by atoms with Crippen molar-refractivity contribution >= 4 is 22.6 Å². The Labute approximate surface area is 134 Å². The van der Waals surface area contributed by atoms with Crippen LogP contribution in [0.25, 0.3) is 10.9 Å². The summed E-state index contributed by atoms with van der Waals surface area (Å²) in [7, 11) is 0. The fourth-order valence-corrected chi connectivity index (χ4v) is 2.19. The minimum absolute atomic E-state index is 0.123. The van der Waals surface area contributed by atoms with Gasteiger partial charge in [0.15, 0.2) is 0 Å². The van der Waals surface area contributed by atoms with Crippen molar-refractivity contribution in [2.75, 3.05) is 5.32 Å². The predicted octanol–water partition coefficient (Wildman–Crippen LogP) is 3.90. The summed E-state index contributed by atoms with van der Waals surface area (Å²) in [6, 6.07) is 9.46. The van der Waals surface area contributed by atoms with Crippen molar-refractivity contribution in [2.24, 2.45) is 0 Å². The number of aromatic amines is 1. The molecule has 0 saturated heterocycles. The monoisotopic (exact) mass is 334 g/mol. The molecule has 0 atom stereocenters. The van der Waals surface area contributed by atoms with E-state index in [1.54, 1.807) is 24.4 Å². The van der Waals surface area contributed by atoms with Gasteiger partial charge in [-0.15, -0.1) is 0 Å². The van der Waals surface area contributed by atoms with Crippen molar-refractivity contribution in [1.29, 1.82) is 0 Å². The van der Waals surface area contributed by atoms with Gasteiger partial charge in [-0.25, -0.2) is 4.79 Å². The summed E-state index contributed by atoms with van der Waals surface area (Å²) in [5, 5.41) is 12.8. The number of carbonyl (C=O) groups excluding carboxylic acids is 1. The van der Waals surface area contributed by atoms with Gasteiger partial charge in [0.05, 0.1) is 17.3 Å². The van der Waals surface area contributed by atoms with Crippen LogP contribution in [0, 0.1) is 0 Å². The molecule has 3 N–H and O–H groups in total. The lowest BCUT2D eigenvalue weighted by Gasteiger charge is -2.09. The third-order valence-electron chi connectivity index (χ3n) is 3.43. The topological polar surface area (TPSA) is 69.8 Å². The second-order valence-electron chi connectivity index (χ2n) is 5.17. The van der Waals surface area contributed by atoms with Crippen molar-refractivity contribution in [3.8, 4) is 0 Å². The number of nitrogens with one attached hydrogen (secondary N) is 3. The molecule has 0 bridgehead atoms. The molecule has 24 heavy (non-hydrogen) atoms. The van der Waals surface area contributed by atoms with E-state index in [0.717, 1.165) is 23.0 Å². The van der Waals surface area contributed by atoms with Crippen LogP contribution >= 0.6 is 0 Å². The Kier molecular flexibility index (Phi) is 4.11. The zero-order chi connectivity index (χ0) is 17.2. The number of hydrogen-bond donors (Lipinski definition) is 3. The van der Waals surface area contributed by atoms with Gasteiger partial charge in [0.2, 0.25) is 0 Å². The number of carbonyl (C=O) groups is 1. The summed E-state index contributed by atoms with van der Waals surface area (Å²) in [5.74, 6) is 0. The first-order valence-corrected chi connectivity index (χ1v) is 7.06. The van der Waals surface area contributed by atoms with Crippen LogP contribution in [-0.4, -0.2) is 16.2 Å². The number of anilines is 1.